The van der Waals surface area contributed by atoms with Crippen LogP contribution in [0.25, 0.3) is 0 Å². The van der Waals surface area contributed by atoms with Gasteiger partial charge in [-0.1, -0.05) is 0 Å². The van der Waals surface area contributed by atoms with E-state index in [1.165, 1.54) is 0 Å². The lowest BCUT2D eigenvalue weighted by molar-refractivity contribution is -0.0215. The smallest absolute Gasteiger partial charge is 0.106 e. The molecule has 0 spiro atoms. The van der Waals surface area contributed by atoms with Gasteiger partial charge in [0.25, 0.3) is 0 Å². The maximum Gasteiger partial charge on any atom is 0.106 e. The Morgan fingerprint density at radius 2 is 2.60 bits per heavy atom. The molecule has 1 aromatic rings. The summed E-state index contributed by atoms with van der Waals surface area (Å²) in [6.07, 6.45) is 0.339. The predicted molar refractivity (Wildman–Crippen MR) is 60.7 cm³/mol. The topological polar surface area (TPSA) is 51.4 Å². The number of nitrogens with zero attached hydrogens (tertiary/aromatic N) is 2. The second kappa shape index (κ2) is 5.03. The Balaban J connectivity index is 1.90. The quantitative estimate of drug-likeness (QED) is 0.830. The number of hydrogen-bond acceptors (Lipinski definition) is 5. The van der Waals surface area contributed by atoms with E-state index in [1.807, 2.05) is 0 Å². The molecule has 0 amide bonds. The first kappa shape index (κ1) is 11.0. The Morgan fingerprint density at radius 3 is 3.27 bits per heavy atom. The fraction of sp³-hybridized carbons (Fsp3) is 0.700. The van der Waals surface area contributed by atoms with Gasteiger partial charge in [0.1, 0.15) is 5.01 Å². The van der Waals surface area contributed by atoms with E-state index in [4.69, 9.17) is 10.5 Å². The lowest BCUT2D eigenvalue weighted by atomic mass is 10.3. The van der Waals surface area contributed by atoms with Gasteiger partial charge in [-0.25, -0.2) is 4.98 Å². The van der Waals surface area contributed by atoms with Crippen LogP contribution >= 0.6 is 11.3 Å². The highest BCUT2D eigenvalue weighted by Crippen LogP contribution is 2.13. The third kappa shape index (κ3) is 2.98. The minimum absolute atomic E-state index is 0.339. The molecule has 1 aliphatic heterocycles. The standard InChI is InChI=1S/C10H17N3OS/c1-8-5-13(2-3-14-8)6-9-7-15-10(4-11)12-9/h7-8H,2-6,11H2,1H3. The van der Waals surface area contributed by atoms with Crippen LogP contribution in [0.3, 0.4) is 0 Å². The Morgan fingerprint density at radius 1 is 1.73 bits per heavy atom. The second-order valence-electron chi connectivity index (χ2n) is 3.85. The van der Waals surface area contributed by atoms with Crippen molar-refractivity contribution in [3.05, 3.63) is 16.1 Å². The average molecular weight is 227 g/mol. The van der Waals surface area contributed by atoms with Crippen LogP contribution < -0.4 is 5.73 Å². The van der Waals surface area contributed by atoms with Crippen LogP contribution in [0.1, 0.15) is 17.6 Å². The van der Waals surface area contributed by atoms with Gasteiger partial charge in [0.15, 0.2) is 0 Å². The van der Waals surface area contributed by atoms with Gasteiger partial charge in [0.2, 0.25) is 0 Å². The molecule has 2 rings (SSSR count). The number of ether oxygens (including phenoxy) is 1. The zero-order valence-electron chi connectivity index (χ0n) is 8.98. The predicted octanol–water partition coefficient (Wildman–Crippen LogP) is 0.823. The van der Waals surface area contributed by atoms with Gasteiger partial charge < -0.3 is 10.5 Å². The third-order valence-corrected chi connectivity index (χ3v) is 3.40. The van der Waals surface area contributed by atoms with Crippen LogP contribution in [0.4, 0.5) is 0 Å². The van der Waals surface area contributed by atoms with Crippen LogP contribution in [0.15, 0.2) is 5.38 Å². The molecule has 5 heteroatoms. The summed E-state index contributed by atoms with van der Waals surface area (Å²) in [5.74, 6) is 0. The minimum atomic E-state index is 0.339. The summed E-state index contributed by atoms with van der Waals surface area (Å²) in [5.41, 5.74) is 6.67. The van der Waals surface area contributed by atoms with Gasteiger partial charge in [-0.3, -0.25) is 4.90 Å². The molecule has 0 radical (unpaired) electrons. The van der Waals surface area contributed by atoms with Crippen molar-refractivity contribution < 1.29 is 4.74 Å². The molecule has 2 heterocycles. The normalized spacial score (nSPS) is 23.2. The number of aromatic nitrogens is 1. The van der Waals surface area contributed by atoms with Crippen molar-refractivity contribution >= 4 is 11.3 Å². The van der Waals surface area contributed by atoms with Gasteiger partial charge >= 0.3 is 0 Å². The molecule has 1 aromatic heterocycles. The van der Waals surface area contributed by atoms with E-state index in [1.54, 1.807) is 11.3 Å². The van der Waals surface area contributed by atoms with E-state index < -0.39 is 0 Å². The molecule has 1 fully saturated rings. The first-order valence-corrected chi connectivity index (χ1v) is 6.13. The van der Waals surface area contributed by atoms with E-state index in [2.05, 4.69) is 22.2 Å². The summed E-state index contributed by atoms with van der Waals surface area (Å²) in [5, 5.41) is 3.12. The van der Waals surface area contributed by atoms with Gasteiger partial charge in [-0.15, -0.1) is 11.3 Å². The summed E-state index contributed by atoms with van der Waals surface area (Å²) < 4.78 is 5.49. The number of morpholine rings is 1. The van der Waals surface area contributed by atoms with Crippen molar-refractivity contribution in [3.63, 3.8) is 0 Å². The van der Waals surface area contributed by atoms with Crippen molar-refractivity contribution in [3.8, 4) is 0 Å². The molecule has 1 unspecified atom stereocenters. The maximum absolute atomic E-state index is 5.53. The van der Waals surface area contributed by atoms with E-state index in [-0.39, 0.29) is 0 Å². The fourth-order valence-corrected chi connectivity index (χ4v) is 2.44. The molecule has 0 bridgehead atoms. The monoisotopic (exact) mass is 227 g/mol. The molecule has 1 saturated heterocycles. The molecule has 0 saturated carbocycles. The van der Waals surface area contributed by atoms with Gasteiger partial charge in [-0.05, 0) is 6.92 Å². The van der Waals surface area contributed by atoms with Crippen LogP contribution in [-0.2, 0) is 17.8 Å². The highest BCUT2D eigenvalue weighted by Gasteiger charge is 2.17. The lowest BCUT2D eigenvalue weighted by Crippen LogP contribution is -2.40. The molecule has 1 aliphatic rings. The van der Waals surface area contributed by atoms with E-state index in [9.17, 15) is 0 Å². The molecule has 15 heavy (non-hydrogen) atoms. The largest absolute Gasteiger partial charge is 0.376 e. The average Bonchev–Trinajstić information content (AvgIpc) is 2.65. The van der Waals surface area contributed by atoms with Crippen LogP contribution in [0.5, 0.6) is 0 Å². The lowest BCUT2D eigenvalue weighted by Gasteiger charge is -2.30. The van der Waals surface area contributed by atoms with Crippen LogP contribution in [0, 0.1) is 0 Å². The Hall–Kier alpha value is -0.490. The second-order valence-corrected chi connectivity index (χ2v) is 4.80. The Labute approximate surface area is 94.1 Å². The SMILES string of the molecule is CC1CN(Cc2csc(CN)n2)CCO1. The Kier molecular flexibility index (Phi) is 3.69. The summed E-state index contributed by atoms with van der Waals surface area (Å²) >= 11 is 1.64. The molecular weight excluding hydrogens is 210 g/mol. The molecule has 0 aromatic carbocycles. The fourth-order valence-electron chi connectivity index (χ4n) is 1.78. The number of rotatable bonds is 3. The first-order valence-electron chi connectivity index (χ1n) is 5.25. The van der Waals surface area contributed by atoms with Crippen molar-refractivity contribution in [2.75, 3.05) is 19.7 Å². The number of nitrogens with two attached hydrogens (primary N) is 1. The van der Waals surface area contributed by atoms with Gasteiger partial charge in [-0.2, -0.15) is 0 Å². The molecule has 84 valence electrons. The highest BCUT2D eigenvalue weighted by atomic mass is 32.1. The third-order valence-electron chi connectivity index (χ3n) is 2.48. The Bertz CT molecular complexity index is 315. The van der Waals surface area contributed by atoms with Crippen LogP contribution in [-0.4, -0.2) is 35.7 Å². The van der Waals surface area contributed by atoms with Gasteiger partial charge in [0, 0.05) is 31.6 Å². The molecule has 1 atom stereocenters. The summed E-state index contributed by atoms with van der Waals surface area (Å²) in [4.78, 5) is 6.84. The van der Waals surface area contributed by atoms with E-state index in [0.717, 1.165) is 36.9 Å². The minimum Gasteiger partial charge on any atom is -0.376 e. The molecule has 4 nitrogen and oxygen atoms in total. The summed E-state index contributed by atoms with van der Waals surface area (Å²) in [6, 6.07) is 0. The first-order chi connectivity index (χ1) is 7.28. The zero-order chi connectivity index (χ0) is 10.7. The summed E-state index contributed by atoms with van der Waals surface area (Å²) in [6.45, 7) is 6.40. The van der Waals surface area contributed by atoms with Crippen molar-refractivity contribution in [1.82, 2.24) is 9.88 Å². The van der Waals surface area contributed by atoms with Crippen molar-refractivity contribution in [1.29, 1.82) is 0 Å². The molecule has 0 aliphatic carbocycles. The van der Waals surface area contributed by atoms with Gasteiger partial charge in [0.05, 0.1) is 18.4 Å². The number of hydrogen-bond donors (Lipinski definition) is 1. The number of thiazole rings is 1. The zero-order valence-corrected chi connectivity index (χ0v) is 9.80. The van der Waals surface area contributed by atoms with Crippen molar-refractivity contribution in [2.45, 2.75) is 26.1 Å². The highest BCUT2D eigenvalue weighted by molar-refractivity contribution is 7.09. The van der Waals surface area contributed by atoms with Crippen LogP contribution in [0.2, 0.25) is 0 Å². The van der Waals surface area contributed by atoms with E-state index >= 15 is 0 Å². The molecule has 2 N–H and O–H groups in total. The van der Waals surface area contributed by atoms with E-state index in [0.29, 0.717) is 12.6 Å². The molecular formula is C10H17N3OS. The maximum atomic E-state index is 5.53. The van der Waals surface area contributed by atoms with Crippen molar-refractivity contribution in [2.24, 2.45) is 5.73 Å². The summed E-state index contributed by atoms with van der Waals surface area (Å²) in [7, 11) is 0.